The van der Waals surface area contributed by atoms with Gasteiger partial charge in [-0.3, -0.25) is 9.48 Å². The zero-order valence-electron chi connectivity index (χ0n) is 11.7. The standard InChI is InChI=1S/C15H20N2O3/c1-9(18)10-4-6-12(7-5-10)17-14(11-2-3-11)13(8-16-17)15(19)20/h8,10-12H,2-7H2,1H3,(H,19,20). The van der Waals surface area contributed by atoms with Gasteiger partial charge in [0.05, 0.1) is 17.9 Å². The lowest BCUT2D eigenvalue weighted by molar-refractivity contribution is -0.121. The van der Waals surface area contributed by atoms with Crippen molar-refractivity contribution in [3.05, 3.63) is 17.5 Å². The van der Waals surface area contributed by atoms with E-state index in [1.54, 1.807) is 6.92 Å². The van der Waals surface area contributed by atoms with Crippen molar-refractivity contribution in [1.29, 1.82) is 0 Å². The number of nitrogens with zero attached hydrogens (tertiary/aromatic N) is 2. The second-order valence-corrected chi connectivity index (χ2v) is 6.08. The minimum atomic E-state index is -0.879. The van der Waals surface area contributed by atoms with Crippen molar-refractivity contribution < 1.29 is 14.7 Å². The Morgan fingerprint density at radius 3 is 2.35 bits per heavy atom. The van der Waals surface area contributed by atoms with Crippen molar-refractivity contribution in [2.45, 2.75) is 57.4 Å². The number of carboxylic acid groups (broad SMARTS) is 1. The number of hydrogen-bond donors (Lipinski definition) is 1. The molecule has 0 spiro atoms. The summed E-state index contributed by atoms with van der Waals surface area (Å²) in [5, 5.41) is 13.6. The summed E-state index contributed by atoms with van der Waals surface area (Å²) >= 11 is 0. The summed E-state index contributed by atoms with van der Waals surface area (Å²) in [5.41, 5.74) is 1.27. The Balaban J connectivity index is 1.81. The summed E-state index contributed by atoms with van der Waals surface area (Å²) in [7, 11) is 0. The lowest BCUT2D eigenvalue weighted by Crippen LogP contribution is -2.24. The average molecular weight is 276 g/mol. The summed E-state index contributed by atoms with van der Waals surface area (Å²) in [6.45, 7) is 1.66. The predicted octanol–water partition coefficient (Wildman–Crippen LogP) is 2.78. The SMILES string of the molecule is CC(=O)C1CCC(n2ncc(C(=O)O)c2C2CC2)CC1. The van der Waals surface area contributed by atoms with Gasteiger partial charge in [-0.1, -0.05) is 0 Å². The maximum Gasteiger partial charge on any atom is 0.339 e. The van der Waals surface area contributed by atoms with E-state index >= 15 is 0 Å². The molecule has 2 aliphatic rings. The maximum absolute atomic E-state index is 11.4. The van der Waals surface area contributed by atoms with Gasteiger partial charge in [-0.25, -0.2) is 4.79 Å². The van der Waals surface area contributed by atoms with Crippen LogP contribution in [0.2, 0.25) is 0 Å². The molecule has 1 N–H and O–H groups in total. The predicted molar refractivity (Wildman–Crippen MR) is 72.8 cm³/mol. The van der Waals surface area contributed by atoms with Crippen LogP contribution in [0.1, 0.15) is 73.5 Å². The van der Waals surface area contributed by atoms with Crippen LogP contribution in [-0.4, -0.2) is 26.6 Å². The van der Waals surface area contributed by atoms with Crippen molar-refractivity contribution >= 4 is 11.8 Å². The molecule has 5 heteroatoms. The summed E-state index contributed by atoms with van der Waals surface area (Å²) in [4.78, 5) is 22.7. The van der Waals surface area contributed by atoms with Crippen molar-refractivity contribution in [3.8, 4) is 0 Å². The van der Waals surface area contributed by atoms with E-state index in [0.29, 0.717) is 11.5 Å². The molecule has 2 aliphatic carbocycles. The lowest BCUT2D eigenvalue weighted by Gasteiger charge is -2.28. The van der Waals surface area contributed by atoms with Crippen LogP contribution in [0.15, 0.2) is 6.20 Å². The van der Waals surface area contributed by atoms with Gasteiger partial charge in [0.15, 0.2) is 0 Å². The van der Waals surface area contributed by atoms with E-state index in [2.05, 4.69) is 5.10 Å². The molecule has 5 nitrogen and oxygen atoms in total. The Hall–Kier alpha value is -1.65. The molecule has 0 bridgehead atoms. The first kappa shape index (κ1) is 13.3. The fraction of sp³-hybridized carbons (Fsp3) is 0.667. The van der Waals surface area contributed by atoms with Crippen molar-refractivity contribution in [2.75, 3.05) is 0 Å². The molecule has 0 aromatic carbocycles. The molecule has 1 aromatic heterocycles. The van der Waals surface area contributed by atoms with Gasteiger partial charge in [0.2, 0.25) is 0 Å². The highest BCUT2D eigenvalue weighted by molar-refractivity contribution is 5.89. The number of aromatic nitrogens is 2. The Kier molecular flexibility index (Phi) is 3.36. The van der Waals surface area contributed by atoms with Crippen LogP contribution < -0.4 is 0 Å². The van der Waals surface area contributed by atoms with Gasteiger partial charge in [-0.2, -0.15) is 5.10 Å². The largest absolute Gasteiger partial charge is 0.478 e. The van der Waals surface area contributed by atoms with Gasteiger partial charge in [0, 0.05) is 11.8 Å². The molecule has 0 atom stereocenters. The average Bonchev–Trinajstić information content (AvgIpc) is 3.17. The third-order valence-electron chi connectivity index (χ3n) is 4.65. The molecule has 2 saturated carbocycles. The first-order valence-corrected chi connectivity index (χ1v) is 7.39. The normalized spacial score (nSPS) is 26.4. The minimum absolute atomic E-state index is 0.185. The van der Waals surface area contributed by atoms with Gasteiger partial charge < -0.3 is 5.11 Å². The van der Waals surface area contributed by atoms with E-state index in [-0.39, 0.29) is 17.7 Å². The van der Waals surface area contributed by atoms with E-state index in [1.807, 2.05) is 4.68 Å². The number of carboxylic acids is 1. The van der Waals surface area contributed by atoms with E-state index in [9.17, 15) is 14.7 Å². The van der Waals surface area contributed by atoms with E-state index in [4.69, 9.17) is 0 Å². The zero-order chi connectivity index (χ0) is 14.3. The van der Waals surface area contributed by atoms with Crippen molar-refractivity contribution in [1.82, 2.24) is 9.78 Å². The highest BCUT2D eigenvalue weighted by Gasteiger charge is 2.35. The van der Waals surface area contributed by atoms with Crippen LogP contribution in [0.25, 0.3) is 0 Å². The molecule has 2 fully saturated rings. The summed E-state index contributed by atoms with van der Waals surface area (Å²) in [5.74, 6) is -0.0487. The molecule has 108 valence electrons. The zero-order valence-corrected chi connectivity index (χ0v) is 11.7. The van der Waals surface area contributed by atoms with Crippen LogP contribution in [-0.2, 0) is 4.79 Å². The van der Waals surface area contributed by atoms with E-state index in [0.717, 1.165) is 44.2 Å². The second-order valence-electron chi connectivity index (χ2n) is 6.08. The van der Waals surface area contributed by atoms with E-state index < -0.39 is 5.97 Å². The van der Waals surface area contributed by atoms with Crippen LogP contribution in [0, 0.1) is 5.92 Å². The third kappa shape index (κ3) is 2.37. The molecular formula is C15H20N2O3. The van der Waals surface area contributed by atoms with Crippen LogP contribution in [0.3, 0.4) is 0 Å². The van der Waals surface area contributed by atoms with Crippen LogP contribution in [0.5, 0.6) is 0 Å². The van der Waals surface area contributed by atoms with Crippen LogP contribution in [0.4, 0.5) is 0 Å². The summed E-state index contributed by atoms with van der Waals surface area (Å²) < 4.78 is 1.94. The molecule has 3 rings (SSSR count). The van der Waals surface area contributed by atoms with Gasteiger partial charge in [-0.05, 0) is 45.4 Å². The number of aromatic carboxylic acids is 1. The fourth-order valence-corrected chi connectivity index (χ4v) is 3.32. The number of rotatable bonds is 4. The summed E-state index contributed by atoms with van der Waals surface area (Å²) in [6.07, 6.45) is 7.25. The van der Waals surface area contributed by atoms with Gasteiger partial charge in [0.1, 0.15) is 11.3 Å². The van der Waals surface area contributed by atoms with Gasteiger partial charge in [-0.15, -0.1) is 0 Å². The first-order valence-electron chi connectivity index (χ1n) is 7.39. The Morgan fingerprint density at radius 1 is 1.20 bits per heavy atom. The highest BCUT2D eigenvalue weighted by atomic mass is 16.4. The molecule has 0 saturated heterocycles. The van der Waals surface area contributed by atoms with Gasteiger partial charge in [0.25, 0.3) is 0 Å². The molecule has 0 amide bonds. The number of hydrogen-bond acceptors (Lipinski definition) is 3. The Morgan fingerprint density at radius 2 is 1.85 bits per heavy atom. The number of carbonyl (C=O) groups excluding carboxylic acids is 1. The van der Waals surface area contributed by atoms with Crippen molar-refractivity contribution in [2.24, 2.45) is 5.92 Å². The smallest absolute Gasteiger partial charge is 0.339 e. The maximum atomic E-state index is 11.4. The second kappa shape index (κ2) is 5.04. The molecule has 1 heterocycles. The van der Waals surface area contributed by atoms with Crippen molar-refractivity contribution in [3.63, 3.8) is 0 Å². The third-order valence-corrected chi connectivity index (χ3v) is 4.65. The summed E-state index contributed by atoms with van der Waals surface area (Å²) in [6, 6.07) is 0.259. The number of Topliss-reactive ketones (excluding diaryl/α,β-unsaturated/α-hetero) is 1. The minimum Gasteiger partial charge on any atom is -0.478 e. The Bertz CT molecular complexity index is 537. The Labute approximate surface area is 118 Å². The molecular weight excluding hydrogens is 256 g/mol. The van der Waals surface area contributed by atoms with E-state index in [1.165, 1.54) is 6.20 Å². The molecule has 0 aliphatic heterocycles. The highest BCUT2D eigenvalue weighted by Crippen LogP contribution is 2.44. The fourth-order valence-electron chi connectivity index (χ4n) is 3.32. The molecule has 20 heavy (non-hydrogen) atoms. The molecule has 0 radical (unpaired) electrons. The number of ketones is 1. The quantitative estimate of drug-likeness (QED) is 0.917. The molecule has 0 unspecified atom stereocenters. The monoisotopic (exact) mass is 276 g/mol. The lowest BCUT2D eigenvalue weighted by atomic mass is 9.84. The topological polar surface area (TPSA) is 72.2 Å². The first-order chi connectivity index (χ1) is 9.58. The van der Waals surface area contributed by atoms with Crippen LogP contribution >= 0.6 is 0 Å². The van der Waals surface area contributed by atoms with Gasteiger partial charge >= 0.3 is 5.97 Å². The molecule has 1 aromatic rings. The number of carbonyl (C=O) groups is 2.